The predicted octanol–water partition coefficient (Wildman–Crippen LogP) is 4.27. The molecule has 3 heterocycles. The molecule has 0 aliphatic carbocycles. The molecule has 3 aromatic rings. The van der Waals surface area contributed by atoms with Gasteiger partial charge in [0.05, 0.1) is 11.9 Å². The van der Waals surface area contributed by atoms with Gasteiger partial charge in [0.25, 0.3) is 0 Å². The number of nitrogens with one attached hydrogen (secondary N) is 2. The van der Waals surface area contributed by atoms with Gasteiger partial charge in [-0.3, -0.25) is 4.79 Å². The van der Waals surface area contributed by atoms with E-state index in [0.29, 0.717) is 23.3 Å². The van der Waals surface area contributed by atoms with Gasteiger partial charge in [-0.2, -0.15) is 18.2 Å². The molecule has 0 radical (unpaired) electrons. The molecule has 0 bridgehead atoms. The molecule has 4 rings (SSSR count). The molecule has 1 aliphatic heterocycles. The number of rotatable bonds is 5. The normalized spacial score (nSPS) is 16.3. The standard InChI is InChI=1S/C23H24F3N7O/c1-15-12-28-22(31-20(15)29-17-6-4-3-5-7-17)30-18-8-9-19(27-13-18)32-10-11-33(16(2)14-32)21(34)23(24,25)26/h3-9,12-13,16H,10-11,14H2,1-2H3,(H2,28,29,30,31). The molecule has 178 valence electrons. The Labute approximate surface area is 194 Å². The first kappa shape index (κ1) is 23.3. The fourth-order valence-corrected chi connectivity index (χ4v) is 3.69. The van der Waals surface area contributed by atoms with Crippen molar-refractivity contribution in [1.82, 2.24) is 19.9 Å². The maximum absolute atomic E-state index is 12.8. The number of piperazine rings is 1. The molecule has 1 fully saturated rings. The summed E-state index contributed by atoms with van der Waals surface area (Å²) in [6, 6.07) is 12.7. The highest BCUT2D eigenvalue weighted by Gasteiger charge is 2.45. The number of carbonyl (C=O) groups is 1. The van der Waals surface area contributed by atoms with Crippen LogP contribution in [0, 0.1) is 6.92 Å². The maximum atomic E-state index is 12.8. The first-order valence-electron chi connectivity index (χ1n) is 10.7. The van der Waals surface area contributed by atoms with E-state index in [1.807, 2.05) is 42.2 Å². The molecule has 11 heteroatoms. The number of para-hydroxylation sites is 1. The van der Waals surface area contributed by atoms with Gasteiger partial charge in [-0.05, 0) is 38.1 Å². The number of benzene rings is 1. The molecule has 1 saturated heterocycles. The van der Waals surface area contributed by atoms with Gasteiger partial charge in [0, 0.05) is 43.1 Å². The minimum atomic E-state index is -4.86. The molecule has 1 aromatic carbocycles. The highest BCUT2D eigenvalue weighted by atomic mass is 19.4. The van der Waals surface area contributed by atoms with Crippen LogP contribution in [0.3, 0.4) is 0 Å². The van der Waals surface area contributed by atoms with Gasteiger partial charge in [-0.1, -0.05) is 18.2 Å². The molecular weight excluding hydrogens is 447 g/mol. The molecule has 1 aliphatic rings. The van der Waals surface area contributed by atoms with Crippen LogP contribution in [0.1, 0.15) is 12.5 Å². The zero-order chi connectivity index (χ0) is 24.3. The Morgan fingerprint density at radius 1 is 1.00 bits per heavy atom. The van der Waals surface area contributed by atoms with Crippen LogP contribution in [0.15, 0.2) is 54.9 Å². The van der Waals surface area contributed by atoms with Crippen molar-refractivity contribution < 1.29 is 18.0 Å². The summed E-state index contributed by atoms with van der Waals surface area (Å²) in [4.78, 5) is 27.6. The van der Waals surface area contributed by atoms with E-state index in [2.05, 4.69) is 25.6 Å². The van der Waals surface area contributed by atoms with Gasteiger partial charge >= 0.3 is 12.1 Å². The first-order chi connectivity index (χ1) is 16.2. The van der Waals surface area contributed by atoms with Crippen molar-refractivity contribution in [3.05, 3.63) is 60.4 Å². The Hall–Kier alpha value is -3.89. The topological polar surface area (TPSA) is 86.3 Å². The van der Waals surface area contributed by atoms with Crippen molar-refractivity contribution in [2.45, 2.75) is 26.1 Å². The summed E-state index contributed by atoms with van der Waals surface area (Å²) in [5.41, 5.74) is 2.46. The van der Waals surface area contributed by atoms with E-state index in [-0.39, 0.29) is 19.6 Å². The highest BCUT2D eigenvalue weighted by molar-refractivity contribution is 5.82. The summed E-state index contributed by atoms with van der Waals surface area (Å²) >= 11 is 0. The average molecular weight is 471 g/mol. The molecule has 0 saturated carbocycles. The second-order valence-electron chi connectivity index (χ2n) is 8.04. The van der Waals surface area contributed by atoms with Crippen LogP contribution < -0.4 is 15.5 Å². The van der Waals surface area contributed by atoms with Gasteiger partial charge in [-0.15, -0.1) is 0 Å². The van der Waals surface area contributed by atoms with E-state index < -0.39 is 18.1 Å². The van der Waals surface area contributed by atoms with Crippen molar-refractivity contribution in [3.8, 4) is 0 Å². The monoisotopic (exact) mass is 471 g/mol. The zero-order valence-electron chi connectivity index (χ0n) is 18.7. The number of aryl methyl sites for hydroxylation is 1. The smallest absolute Gasteiger partial charge is 0.353 e. The molecule has 0 spiro atoms. The van der Waals surface area contributed by atoms with Gasteiger partial charge in [-0.25, -0.2) is 9.97 Å². The lowest BCUT2D eigenvalue weighted by Crippen LogP contribution is -2.57. The minimum Gasteiger partial charge on any atom is -0.353 e. The fraction of sp³-hybridized carbons (Fsp3) is 0.304. The number of pyridine rings is 1. The van der Waals surface area contributed by atoms with Crippen LogP contribution in [0.5, 0.6) is 0 Å². The van der Waals surface area contributed by atoms with E-state index in [4.69, 9.17) is 0 Å². The Morgan fingerprint density at radius 2 is 1.76 bits per heavy atom. The fourth-order valence-electron chi connectivity index (χ4n) is 3.69. The van der Waals surface area contributed by atoms with Gasteiger partial charge in [0.2, 0.25) is 5.95 Å². The largest absolute Gasteiger partial charge is 0.471 e. The zero-order valence-corrected chi connectivity index (χ0v) is 18.7. The highest BCUT2D eigenvalue weighted by Crippen LogP contribution is 2.25. The van der Waals surface area contributed by atoms with E-state index in [1.54, 1.807) is 31.5 Å². The molecule has 2 aromatic heterocycles. The summed E-state index contributed by atoms with van der Waals surface area (Å²) in [6.07, 6.45) is -1.54. The Kier molecular flexibility index (Phi) is 6.53. The molecular formula is C23H24F3N7O. The van der Waals surface area contributed by atoms with Crippen LogP contribution >= 0.6 is 0 Å². The van der Waals surface area contributed by atoms with Crippen LogP contribution in [0.4, 0.5) is 42.1 Å². The SMILES string of the molecule is Cc1cnc(Nc2ccc(N3CCN(C(=O)C(F)(F)F)C(C)C3)nc2)nc1Nc1ccccc1. The maximum Gasteiger partial charge on any atom is 0.471 e. The van der Waals surface area contributed by atoms with Gasteiger partial charge in [0.15, 0.2) is 0 Å². The lowest BCUT2D eigenvalue weighted by atomic mass is 10.2. The quantitative estimate of drug-likeness (QED) is 0.575. The number of aromatic nitrogens is 3. The first-order valence-corrected chi connectivity index (χ1v) is 10.7. The summed E-state index contributed by atoms with van der Waals surface area (Å²) in [7, 11) is 0. The third-order valence-electron chi connectivity index (χ3n) is 5.47. The van der Waals surface area contributed by atoms with Crippen molar-refractivity contribution in [2.75, 3.05) is 35.2 Å². The lowest BCUT2D eigenvalue weighted by molar-refractivity contribution is -0.187. The van der Waals surface area contributed by atoms with Crippen LogP contribution in [0.2, 0.25) is 0 Å². The summed E-state index contributed by atoms with van der Waals surface area (Å²) in [5.74, 6) is -0.112. The number of amides is 1. The van der Waals surface area contributed by atoms with Crippen molar-refractivity contribution in [3.63, 3.8) is 0 Å². The van der Waals surface area contributed by atoms with Crippen LogP contribution in [-0.4, -0.2) is 57.6 Å². The average Bonchev–Trinajstić information content (AvgIpc) is 2.81. The van der Waals surface area contributed by atoms with Crippen LogP contribution in [-0.2, 0) is 4.79 Å². The number of hydrogen-bond acceptors (Lipinski definition) is 7. The van der Waals surface area contributed by atoms with E-state index >= 15 is 0 Å². The third kappa shape index (κ3) is 5.36. The number of anilines is 5. The molecule has 1 atom stereocenters. The second-order valence-corrected chi connectivity index (χ2v) is 8.04. The van der Waals surface area contributed by atoms with Crippen molar-refractivity contribution >= 4 is 34.9 Å². The van der Waals surface area contributed by atoms with E-state index in [0.717, 1.165) is 16.2 Å². The lowest BCUT2D eigenvalue weighted by Gasteiger charge is -2.40. The second kappa shape index (κ2) is 9.54. The van der Waals surface area contributed by atoms with Crippen molar-refractivity contribution in [1.29, 1.82) is 0 Å². The number of alkyl halides is 3. The molecule has 1 amide bonds. The Morgan fingerprint density at radius 3 is 2.41 bits per heavy atom. The number of carbonyl (C=O) groups excluding carboxylic acids is 1. The van der Waals surface area contributed by atoms with E-state index in [1.165, 1.54) is 0 Å². The van der Waals surface area contributed by atoms with Gasteiger partial charge < -0.3 is 20.4 Å². The summed E-state index contributed by atoms with van der Waals surface area (Å²) in [6.45, 7) is 4.02. The molecule has 1 unspecified atom stereocenters. The molecule has 8 nitrogen and oxygen atoms in total. The Balaban J connectivity index is 1.40. The Bertz CT molecular complexity index is 1140. The minimum absolute atomic E-state index is 0.0183. The van der Waals surface area contributed by atoms with Crippen molar-refractivity contribution in [2.24, 2.45) is 0 Å². The third-order valence-corrected chi connectivity index (χ3v) is 5.47. The van der Waals surface area contributed by atoms with Crippen LogP contribution in [0.25, 0.3) is 0 Å². The van der Waals surface area contributed by atoms with E-state index in [9.17, 15) is 18.0 Å². The number of halogens is 3. The van der Waals surface area contributed by atoms with Gasteiger partial charge in [0.1, 0.15) is 11.6 Å². The number of hydrogen-bond donors (Lipinski definition) is 2. The summed E-state index contributed by atoms with van der Waals surface area (Å²) in [5, 5.41) is 6.38. The summed E-state index contributed by atoms with van der Waals surface area (Å²) < 4.78 is 38.3. The number of nitrogens with zero attached hydrogens (tertiary/aromatic N) is 5. The molecule has 2 N–H and O–H groups in total. The molecule has 34 heavy (non-hydrogen) atoms. The predicted molar refractivity (Wildman–Crippen MR) is 123 cm³/mol.